The number of benzene rings is 1. The Balaban J connectivity index is 1.80. The SMILES string of the molecule is CCNC(=O)CN1CCN(c2ccccc2)CC1. The molecule has 2 rings (SSSR count). The van der Waals surface area contributed by atoms with Gasteiger partial charge in [-0.15, -0.1) is 0 Å². The molecule has 4 nitrogen and oxygen atoms in total. The standard InChI is InChI=1S/C14H21N3O/c1-2-15-14(18)12-16-8-10-17(11-9-16)13-6-4-3-5-7-13/h3-7H,2,8-12H2,1H3,(H,15,18). The number of hydrogen-bond donors (Lipinski definition) is 1. The van der Waals surface area contributed by atoms with Crippen LogP contribution in [0, 0.1) is 0 Å². The number of amides is 1. The predicted molar refractivity (Wildman–Crippen MR) is 73.8 cm³/mol. The largest absolute Gasteiger partial charge is 0.369 e. The Hall–Kier alpha value is -1.55. The van der Waals surface area contributed by atoms with Crippen LogP contribution in [0.5, 0.6) is 0 Å². The number of nitrogens with one attached hydrogen (secondary N) is 1. The molecule has 1 aliphatic heterocycles. The second kappa shape index (κ2) is 6.40. The molecule has 1 aromatic rings. The Morgan fingerprint density at radius 3 is 2.44 bits per heavy atom. The van der Waals surface area contributed by atoms with Gasteiger partial charge < -0.3 is 10.2 Å². The van der Waals surface area contributed by atoms with Gasteiger partial charge in [0.1, 0.15) is 0 Å². The number of carbonyl (C=O) groups excluding carboxylic acids is 1. The van der Waals surface area contributed by atoms with Gasteiger partial charge in [-0.3, -0.25) is 9.69 Å². The zero-order valence-electron chi connectivity index (χ0n) is 10.9. The lowest BCUT2D eigenvalue weighted by atomic mass is 10.2. The number of carbonyl (C=O) groups is 1. The van der Waals surface area contributed by atoms with E-state index >= 15 is 0 Å². The zero-order chi connectivity index (χ0) is 12.8. The van der Waals surface area contributed by atoms with Crippen LogP contribution in [0.15, 0.2) is 30.3 Å². The van der Waals surface area contributed by atoms with Crippen LogP contribution < -0.4 is 10.2 Å². The van der Waals surface area contributed by atoms with Gasteiger partial charge in [0.05, 0.1) is 6.54 Å². The quantitative estimate of drug-likeness (QED) is 0.860. The first-order valence-electron chi connectivity index (χ1n) is 6.58. The van der Waals surface area contributed by atoms with Crippen LogP contribution in [0.4, 0.5) is 5.69 Å². The third-order valence-corrected chi connectivity index (χ3v) is 3.23. The Labute approximate surface area is 109 Å². The van der Waals surface area contributed by atoms with Gasteiger partial charge in [0, 0.05) is 38.4 Å². The van der Waals surface area contributed by atoms with Crippen molar-refractivity contribution in [2.45, 2.75) is 6.92 Å². The Morgan fingerprint density at radius 1 is 1.17 bits per heavy atom. The van der Waals surface area contributed by atoms with Crippen molar-refractivity contribution in [1.82, 2.24) is 10.2 Å². The highest BCUT2D eigenvalue weighted by Crippen LogP contribution is 2.15. The molecular formula is C14H21N3O. The molecule has 1 saturated heterocycles. The number of para-hydroxylation sites is 1. The highest BCUT2D eigenvalue weighted by Gasteiger charge is 2.18. The first kappa shape index (κ1) is 12.9. The molecule has 0 unspecified atom stereocenters. The van der Waals surface area contributed by atoms with Crippen LogP contribution in [-0.2, 0) is 4.79 Å². The first-order chi connectivity index (χ1) is 8.79. The molecular weight excluding hydrogens is 226 g/mol. The van der Waals surface area contributed by atoms with E-state index < -0.39 is 0 Å². The molecule has 1 aliphatic rings. The molecule has 0 spiro atoms. The summed E-state index contributed by atoms with van der Waals surface area (Å²) in [7, 11) is 0. The van der Waals surface area contributed by atoms with Crippen molar-refractivity contribution in [3.63, 3.8) is 0 Å². The molecule has 1 fully saturated rings. The summed E-state index contributed by atoms with van der Waals surface area (Å²) in [4.78, 5) is 16.1. The lowest BCUT2D eigenvalue weighted by molar-refractivity contribution is -0.122. The first-order valence-corrected chi connectivity index (χ1v) is 6.58. The summed E-state index contributed by atoms with van der Waals surface area (Å²) >= 11 is 0. The summed E-state index contributed by atoms with van der Waals surface area (Å²) < 4.78 is 0. The maximum Gasteiger partial charge on any atom is 0.234 e. The summed E-state index contributed by atoms with van der Waals surface area (Å²) in [6, 6.07) is 10.4. The molecule has 98 valence electrons. The van der Waals surface area contributed by atoms with E-state index in [9.17, 15) is 4.79 Å². The van der Waals surface area contributed by atoms with Gasteiger partial charge in [0.2, 0.25) is 5.91 Å². The van der Waals surface area contributed by atoms with E-state index in [1.165, 1.54) is 5.69 Å². The van der Waals surface area contributed by atoms with E-state index in [1.807, 2.05) is 13.0 Å². The molecule has 0 aliphatic carbocycles. The smallest absolute Gasteiger partial charge is 0.234 e. The number of nitrogens with zero attached hydrogens (tertiary/aromatic N) is 2. The maximum absolute atomic E-state index is 11.5. The summed E-state index contributed by atoms with van der Waals surface area (Å²) in [6.07, 6.45) is 0. The van der Waals surface area contributed by atoms with Crippen molar-refractivity contribution >= 4 is 11.6 Å². The summed E-state index contributed by atoms with van der Waals surface area (Å²) in [5, 5.41) is 2.84. The molecule has 1 aromatic carbocycles. The lowest BCUT2D eigenvalue weighted by Gasteiger charge is -2.35. The van der Waals surface area contributed by atoms with Crippen molar-refractivity contribution in [2.75, 3.05) is 44.2 Å². The number of piperazine rings is 1. The van der Waals surface area contributed by atoms with Gasteiger partial charge in [-0.25, -0.2) is 0 Å². The normalized spacial score (nSPS) is 16.6. The van der Waals surface area contributed by atoms with Crippen LogP contribution in [0.1, 0.15) is 6.92 Å². The van der Waals surface area contributed by atoms with Gasteiger partial charge in [-0.1, -0.05) is 18.2 Å². The van der Waals surface area contributed by atoms with Gasteiger partial charge in [-0.2, -0.15) is 0 Å². The molecule has 0 atom stereocenters. The summed E-state index contributed by atoms with van der Waals surface area (Å²) in [5.74, 6) is 0.130. The van der Waals surface area contributed by atoms with Crippen LogP contribution >= 0.6 is 0 Å². The number of likely N-dealkylation sites (N-methyl/N-ethyl adjacent to an activating group) is 1. The van der Waals surface area contributed by atoms with Crippen molar-refractivity contribution in [3.05, 3.63) is 30.3 Å². The Morgan fingerprint density at radius 2 is 1.83 bits per heavy atom. The van der Waals surface area contributed by atoms with Crippen LogP contribution in [0.2, 0.25) is 0 Å². The lowest BCUT2D eigenvalue weighted by Crippen LogP contribution is -2.49. The Bertz CT molecular complexity index is 372. The predicted octanol–water partition coefficient (Wildman–Crippen LogP) is 0.945. The molecule has 0 bridgehead atoms. The minimum absolute atomic E-state index is 0.130. The fourth-order valence-corrected chi connectivity index (χ4v) is 2.26. The monoisotopic (exact) mass is 247 g/mol. The van der Waals surface area contributed by atoms with E-state index in [2.05, 4.69) is 39.4 Å². The highest BCUT2D eigenvalue weighted by atomic mass is 16.2. The summed E-state index contributed by atoms with van der Waals surface area (Å²) in [5.41, 5.74) is 1.27. The molecule has 1 N–H and O–H groups in total. The molecule has 4 heteroatoms. The fourth-order valence-electron chi connectivity index (χ4n) is 2.26. The number of anilines is 1. The van der Waals surface area contributed by atoms with E-state index in [-0.39, 0.29) is 5.91 Å². The molecule has 1 amide bonds. The second-order valence-corrected chi connectivity index (χ2v) is 4.55. The fraction of sp³-hybridized carbons (Fsp3) is 0.500. The maximum atomic E-state index is 11.5. The zero-order valence-corrected chi connectivity index (χ0v) is 10.9. The molecule has 1 heterocycles. The third kappa shape index (κ3) is 3.47. The van der Waals surface area contributed by atoms with Crippen molar-refractivity contribution in [1.29, 1.82) is 0 Å². The van der Waals surface area contributed by atoms with Crippen LogP contribution in [-0.4, -0.2) is 50.1 Å². The van der Waals surface area contributed by atoms with E-state index in [0.717, 1.165) is 26.2 Å². The third-order valence-electron chi connectivity index (χ3n) is 3.23. The second-order valence-electron chi connectivity index (χ2n) is 4.55. The molecule has 0 aromatic heterocycles. The van der Waals surface area contributed by atoms with Crippen LogP contribution in [0.25, 0.3) is 0 Å². The molecule has 0 radical (unpaired) electrons. The van der Waals surface area contributed by atoms with Gasteiger partial charge in [-0.05, 0) is 19.1 Å². The van der Waals surface area contributed by atoms with E-state index in [0.29, 0.717) is 13.1 Å². The highest BCUT2D eigenvalue weighted by molar-refractivity contribution is 5.77. The van der Waals surface area contributed by atoms with Crippen molar-refractivity contribution in [3.8, 4) is 0 Å². The van der Waals surface area contributed by atoms with Crippen molar-refractivity contribution < 1.29 is 4.79 Å². The number of hydrogen-bond acceptors (Lipinski definition) is 3. The van der Waals surface area contributed by atoms with Crippen molar-refractivity contribution in [2.24, 2.45) is 0 Å². The average Bonchev–Trinajstić information content (AvgIpc) is 2.41. The van der Waals surface area contributed by atoms with Gasteiger partial charge in [0.25, 0.3) is 0 Å². The average molecular weight is 247 g/mol. The van der Waals surface area contributed by atoms with Crippen LogP contribution in [0.3, 0.4) is 0 Å². The Kier molecular flexibility index (Phi) is 4.59. The number of rotatable bonds is 4. The minimum atomic E-state index is 0.130. The topological polar surface area (TPSA) is 35.6 Å². The molecule has 18 heavy (non-hydrogen) atoms. The minimum Gasteiger partial charge on any atom is -0.369 e. The van der Waals surface area contributed by atoms with E-state index in [1.54, 1.807) is 0 Å². The van der Waals surface area contributed by atoms with Gasteiger partial charge >= 0.3 is 0 Å². The van der Waals surface area contributed by atoms with Gasteiger partial charge in [0.15, 0.2) is 0 Å². The van der Waals surface area contributed by atoms with E-state index in [4.69, 9.17) is 0 Å². The molecule has 0 saturated carbocycles. The summed E-state index contributed by atoms with van der Waals surface area (Å²) in [6.45, 7) is 7.06.